The van der Waals surface area contributed by atoms with E-state index in [1.54, 1.807) is 35.5 Å². The first-order valence-corrected chi connectivity index (χ1v) is 10.6. The molecule has 0 aliphatic heterocycles. The van der Waals surface area contributed by atoms with Crippen LogP contribution in [0.3, 0.4) is 0 Å². The topological polar surface area (TPSA) is 56.5 Å². The normalized spacial score (nSPS) is 11.0. The highest BCUT2D eigenvalue weighted by atomic mass is 32.2. The number of hydrogen-bond donors (Lipinski definition) is 0. The van der Waals surface area contributed by atoms with Gasteiger partial charge in [-0.3, -0.25) is 4.98 Å². The summed E-state index contributed by atoms with van der Waals surface area (Å²) in [4.78, 5) is 8.88. The quantitative estimate of drug-likeness (QED) is 0.427. The minimum absolute atomic E-state index is 0.775. The predicted octanol–water partition coefficient (Wildman–Crippen LogP) is 5.08. The molecule has 0 saturated carbocycles. The van der Waals surface area contributed by atoms with Crippen LogP contribution >= 0.6 is 23.1 Å². The van der Waals surface area contributed by atoms with Crippen LogP contribution in [0.2, 0.25) is 0 Å². The summed E-state index contributed by atoms with van der Waals surface area (Å²) >= 11 is 3.36. The molecule has 5 nitrogen and oxygen atoms in total. The minimum atomic E-state index is 0.775. The summed E-state index contributed by atoms with van der Waals surface area (Å²) in [5.74, 6) is 1.65. The minimum Gasteiger partial charge on any atom is -0.302 e. The number of thiazole rings is 1. The fourth-order valence-corrected chi connectivity index (χ4v) is 4.75. The van der Waals surface area contributed by atoms with Crippen LogP contribution in [-0.4, -0.2) is 24.7 Å². The van der Waals surface area contributed by atoms with Crippen molar-refractivity contribution in [3.8, 4) is 22.0 Å². The van der Waals surface area contributed by atoms with E-state index in [1.165, 1.54) is 11.1 Å². The van der Waals surface area contributed by atoms with E-state index in [1.807, 2.05) is 12.1 Å². The van der Waals surface area contributed by atoms with Crippen LogP contribution in [0, 0.1) is 6.92 Å². The number of thioether (sulfide) groups is 1. The lowest BCUT2D eigenvalue weighted by Gasteiger charge is -2.06. The van der Waals surface area contributed by atoms with E-state index in [0.29, 0.717) is 0 Å². The molecule has 0 fully saturated rings. The maximum atomic E-state index is 4.81. The summed E-state index contributed by atoms with van der Waals surface area (Å²) in [6, 6.07) is 12.3. The van der Waals surface area contributed by atoms with Gasteiger partial charge in [-0.2, -0.15) is 0 Å². The molecule has 4 rings (SSSR count). The van der Waals surface area contributed by atoms with Crippen molar-refractivity contribution in [1.82, 2.24) is 24.7 Å². The third-order valence-corrected chi connectivity index (χ3v) is 6.17. The summed E-state index contributed by atoms with van der Waals surface area (Å²) < 4.78 is 2.13. The molecule has 3 heterocycles. The predicted molar refractivity (Wildman–Crippen MR) is 111 cm³/mol. The molecule has 0 unspecified atom stereocenters. The zero-order valence-electron chi connectivity index (χ0n) is 15.2. The lowest BCUT2D eigenvalue weighted by atomic mass is 10.1. The summed E-state index contributed by atoms with van der Waals surface area (Å²) in [6.45, 7) is 5.05. The van der Waals surface area contributed by atoms with Gasteiger partial charge in [0.2, 0.25) is 0 Å². The van der Waals surface area contributed by atoms with Gasteiger partial charge in [0.05, 0.1) is 5.69 Å². The van der Waals surface area contributed by atoms with Gasteiger partial charge in [0.1, 0.15) is 5.01 Å². The molecule has 0 spiro atoms. The van der Waals surface area contributed by atoms with Crippen LogP contribution in [0.1, 0.15) is 18.2 Å². The second-order valence-electron chi connectivity index (χ2n) is 6.03. The van der Waals surface area contributed by atoms with Gasteiger partial charge in [0, 0.05) is 41.2 Å². The molecular formula is C20H19N5S2. The molecule has 0 N–H and O–H groups in total. The standard InChI is InChI=1S/C20H19N5S2/c1-3-25-18(15-8-10-21-11-9-15)23-24-20(25)27-13-16-12-26-19(22-16)17-7-5-4-6-14(17)2/h4-12H,3,13H2,1-2H3. The number of pyridine rings is 1. The first-order chi connectivity index (χ1) is 13.3. The zero-order valence-corrected chi connectivity index (χ0v) is 16.8. The first-order valence-electron chi connectivity index (χ1n) is 8.73. The van der Waals surface area contributed by atoms with E-state index in [2.05, 4.69) is 63.2 Å². The Kier molecular flexibility index (Phi) is 5.31. The number of aryl methyl sites for hydroxylation is 1. The Balaban J connectivity index is 1.52. The van der Waals surface area contributed by atoms with Gasteiger partial charge in [0.25, 0.3) is 0 Å². The van der Waals surface area contributed by atoms with Gasteiger partial charge in [-0.15, -0.1) is 21.5 Å². The van der Waals surface area contributed by atoms with E-state index in [4.69, 9.17) is 4.98 Å². The Morgan fingerprint density at radius 1 is 1.07 bits per heavy atom. The molecule has 0 saturated heterocycles. The van der Waals surface area contributed by atoms with Gasteiger partial charge in [-0.05, 0) is 31.5 Å². The number of hydrogen-bond acceptors (Lipinski definition) is 6. The maximum Gasteiger partial charge on any atom is 0.191 e. The molecule has 0 aliphatic carbocycles. The molecule has 3 aromatic heterocycles. The van der Waals surface area contributed by atoms with Crippen molar-refractivity contribution in [2.24, 2.45) is 0 Å². The maximum absolute atomic E-state index is 4.81. The van der Waals surface area contributed by atoms with E-state index in [9.17, 15) is 0 Å². The van der Waals surface area contributed by atoms with Crippen LogP contribution < -0.4 is 0 Å². The average molecular weight is 394 g/mol. The Labute approximate surface area is 166 Å². The van der Waals surface area contributed by atoms with Crippen LogP contribution in [0.25, 0.3) is 22.0 Å². The first kappa shape index (κ1) is 17.9. The second kappa shape index (κ2) is 8.02. The second-order valence-corrected chi connectivity index (χ2v) is 7.83. The summed E-state index contributed by atoms with van der Waals surface area (Å²) in [7, 11) is 0. The van der Waals surface area contributed by atoms with Crippen LogP contribution in [0.15, 0.2) is 59.3 Å². The fraction of sp³-hybridized carbons (Fsp3) is 0.200. The average Bonchev–Trinajstić information content (AvgIpc) is 3.34. The molecule has 136 valence electrons. The third-order valence-electron chi connectivity index (χ3n) is 4.25. The van der Waals surface area contributed by atoms with Crippen LogP contribution in [0.4, 0.5) is 0 Å². The lowest BCUT2D eigenvalue weighted by Crippen LogP contribution is -2.00. The van der Waals surface area contributed by atoms with E-state index in [-0.39, 0.29) is 0 Å². The molecule has 7 heteroatoms. The Hall–Kier alpha value is -2.51. The van der Waals surface area contributed by atoms with Crippen molar-refractivity contribution in [2.75, 3.05) is 0 Å². The zero-order chi connectivity index (χ0) is 18.6. The van der Waals surface area contributed by atoms with Crippen molar-refractivity contribution < 1.29 is 0 Å². The number of benzene rings is 1. The van der Waals surface area contributed by atoms with Crippen molar-refractivity contribution in [1.29, 1.82) is 0 Å². The number of nitrogens with zero attached hydrogens (tertiary/aromatic N) is 5. The molecule has 0 bridgehead atoms. The Morgan fingerprint density at radius 2 is 1.89 bits per heavy atom. The highest BCUT2D eigenvalue weighted by Gasteiger charge is 2.14. The lowest BCUT2D eigenvalue weighted by molar-refractivity contribution is 0.687. The molecular weight excluding hydrogens is 374 g/mol. The SMILES string of the molecule is CCn1c(SCc2csc(-c3ccccc3C)n2)nnc1-c1ccncc1. The van der Waals surface area contributed by atoms with Gasteiger partial charge in [0.15, 0.2) is 11.0 Å². The van der Waals surface area contributed by atoms with Crippen LogP contribution in [0.5, 0.6) is 0 Å². The van der Waals surface area contributed by atoms with Gasteiger partial charge < -0.3 is 4.57 Å². The van der Waals surface area contributed by atoms with Crippen molar-refractivity contribution in [3.63, 3.8) is 0 Å². The van der Waals surface area contributed by atoms with Gasteiger partial charge in [-0.1, -0.05) is 36.0 Å². The van der Waals surface area contributed by atoms with Crippen LogP contribution in [-0.2, 0) is 12.3 Å². The molecule has 4 aromatic rings. The highest BCUT2D eigenvalue weighted by molar-refractivity contribution is 7.98. The molecule has 0 radical (unpaired) electrons. The summed E-state index contributed by atoms with van der Waals surface area (Å²) in [5.41, 5.74) is 4.55. The van der Waals surface area contributed by atoms with Crippen molar-refractivity contribution in [3.05, 3.63) is 65.4 Å². The Bertz CT molecular complexity index is 1040. The van der Waals surface area contributed by atoms with Crippen molar-refractivity contribution >= 4 is 23.1 Å². The molecule has 1 aromatic carbocycles. The molecule has 27 heavy (non-hydrogen) atoms. The summed E-state index contributed by atoms with van der Waals surface area (Å²) in [5, 5.41) is 12.9. The number of rotatable bonds is 6. The number of aromatic nitrogens is 5. The van der Waals surface area contributed by atoms with Gasteiger partial charge >= 0.3 is 0 Å². The molecule has 0 aliphatic rings. The summed E-state index contributed by atoms with van der Waals surface area (Å²) in [6.07, 6.45) is 3.55. The van der Waals surface area contributed by atoms with E-state index < -0.39 is 0 Å². The van der Waals surface area contributed by atoms with E-state index in [0.717, 1.165) is 39.5 Å². The highest BCUT2D eigenvalue weighted by Crippen LogP contribution is 2.30. The smallest absolute Gasteiger partial charge is 0.191 e. The largest absolute Gasteiger partial charge is 0.302 e. The molecule has 0 atom stereocenters. The molecule has 0 amide bonds. The third kappa shape index (κ3) is 3.79. The van der Waals surface area contributed by atoms with Crippen molar-refractivity contribution in [2.45, 2.75) is 31.3 Å². The fourth-order valence-electron chi connectivity index (χ4n) is 2.84. The van der Waals surface area contributed by atoms with Gasteiger partial charge in [-0.25, -0.2) is 4.98 Å². The van der Waals surface area contributed by atoms with E-state index >= 15 is 0 Å². The Morgan fingerprint density at radius 3 is 2.67 bits per heavy atom. The monoisotopic (exact) mass is 393 g/mol.